The van der Waals surface area contributed by atoms with Gasteiger partial charge in [-0.3, -0.25) is 0 Å². The molecule has 14 heavy (non-hydrogen) atoms. The second kappa shape index (κ2) is 7.18. The Morgan fingerprint density at radius 3 is 2.43 bits per heavy atom. The molecule has 0 fully saturated rings. The normalized spacial score (nSPS) is 11.7. The molecule has 3 heteroatoms. The summed E-state index contributed by atoms with van der Waals surface area (Å²) in [5, 5.41) is 8.53. The second-order valence-electron chi connectivity index (χ2n) is 3.65. The SMILES string of the molecule is CC(C)CC=CC=CCN(C)C(=O)O. The summed E-state index contributed by atoms with van der Waals surface area (Å²) >= 11 is 0. The summed E-state index contributed by atoms with van der Waals surface area (Å²) in [6.45, 7) is 4.75. The molecule has 0 heterocycles. The lowest BCUT2D eigenvalue weighted by Gasteiger charge is -2.08. The van der Waals surface area contributed by atoms with Crippen LogP contribution in [0.2, 0.25) is 0 Å². The van der Waals surface area contributed by atoms with Crippen molar-refractivity contribution in [2.24, 2.45) is 5.92 Å². The maximum atomic E-state index is 10.4. The van der Waals surface area contributed by atoms with Crippen LogP contribution in [0.25, 0.3) is 0 Å². The van der Waals surface area contributed by atoms with Crippen LogP contribution in [-0.2, 0) is 0 Å². The molecule has 0 saturated carbocycles. The van der Waals surface area contributed by atoms with Gasteiger partial charge in [0.25, 0.3) is 0 Å². The Morgan fingerprint density at radius 1 is 1.36 bits per heavy atom. The van der Waals surface area contributed by atoms with Gasteiger partial charge in [0.1, 0.15) is 0 Å². The molecule has 1 amide bonds. The van der Waals surface area contributed by atoms with Gasteiger partial charge in [-0.25, -0.2) is 4.79 Å². The Balaban J connectivity index is 3.63. The fourth-order valence-corrected chi connectivity index (χ4v) is 0.805. The summed E-state index contributed by atoms with van der Waals surface area (Å²) < 4.78 is 0. The Labute approximate surface area is 85.7 Å². The quantitative estimate of drug-likeness (QED) is 0.688. The molecule has 0 atom stereocenters. The molecule has 0 aliphatic rings. The van der Waals surface area contributed by atoms with E-state index in [-0.39, 0.29) is 0 Å². The van der Waals surface area contributed by atoms with Gasteiger partial charge in [-0.05, 0) is 12.3 Å². The summed E-state index contributed by atoms with van der Waals surface area (Å²) in [7, 11) is 1.55. The van der Waals surface area contributed by atoms with Crippen LogP contribution < -0.4 is 0 Å². The van der Waals surface area contributed by atoms with Crippen molar-refractivity contribution >= 4 is 6.09 Å². The van der Waals surface area contributed by atoms with E-state index in [1.807, 2.05) is 18.2 Å². The van der Waals surface area contributed by atoms with Crippen molar-refractivity contribution in [3.63, 3.8) is 0 Å². The highest BCUT2D eigenvalue weighted by atomic mass is 16.4. The monoisotopic (exact) mass is 197 g/mol. The molecule has 0 aliphatic carbocycles. The summed E-state index contributed by atoms with van der Waals surface area (Å²) in [4.78, 5) is 11.6. The Morgan fingerprint density at radius 2 is 1.93 bits per heavy atom. The molecule has 0 unspecified atom stereocenters. The number of nitrogens with zero attached hydrogens (tertiary/aromatic N) is 1. The number of hydrogen-bond acceptors (Lipinski definition) is 1. The minimum absolute atomic E-state index is 0.432. The van der Waals surface area contributed by atoms with E-state index in [0.29, 0.717) is 12.5 Å². The van der Waals surface area contributed by atoms with Gasteiger partial charge in [0.05, 0.1) is 0 Å². The lowest BCUT2D eigenvalue weighted by Crippen LogP contribution is -2.24. The van der Waals surface area contributed by atoms with Crippen LogP contribution in [0.1, 0.15) is 20.3 Å². The van der Waals surface area contributed by atoms with E-state index in [1.54, 1.807) is 7.05 Å². The zero-order valence-corrected chi connectivity index (χ0v) is 9.10. The predicted molar refractivity (Wildman–Crippen MR) is 58.4 cm³/mol. The molecule has 0 saturated heterocycles. The van der Waals surface area contributed by atoms with E-state index in [0.717, 1.165) is 6.42 Å². The van der Waals surface area contributed by atoms with E-state index in [9.17, 15) is 4.79 Å². The molecule has 0 aromatic heterocycles. The lowest BCUT2D eigenvalue weighted by atomic mass is 10.1. The average molecular weight is 197 g/mol. The van der Waals surface area contributed by atoms with Gasteiger partial charge < -0.3 is 10.0 Å². The zero-order chi connectivity index (χ0) is 11.0. The van der Waals surface area contributed by atoms with Crippen molar-refractivity contribution in [2.45, 2.75) is 20.3 Å². The number of carboxylic acid groups (broad SMARTS) is 1. The van der Waals surface area contributed by atoms with Gasteiger partial charge >= 0.3 is 6.09 Å². The maximum Gasteiger partial charge on any atom is 0.407 e. The molecule has 0 aromatic carbocycles. The van der Waals surface area contributed by atoms with Crippen LogP contribution >= 0.6 is 0 Å². The fourth-order valence-electron chi connectivity index (χ4n) is 0.805. The molecule has 1 N–H and O–H groups in total. The molecule has 80 valence electrons. The largest absolute Gasteiger partial charge is 0.465 e. The first kappa shape index (κ1) is 12.8. The van der Waals surface area contributed by atoms with Gasteiger partial charge in [0, 0.05) is 13.6 Å². The molecular formula is C11H19NO2. The van der Waals surface area contributed by atoms with Gasteiger partial charge in [-0.2, -0.15) is 0 Å². The van der Waals surface area contributed by atoms with Crippen molar-refractivity contribution in [3.05, 3.63) is 24.3 Å². The number of carbonyl (C=O) groups is 1. The first-order valence-electron chi connectivity index (χ1n) is 4.79. The van der Waals surface area contributed by atoms with E-state index in [2.05, 4.69) is 19.9 Å². The third-order valence-corrected chi connectivity index (χ3v) is 1.70. The van der Waals surface area contributed by atoms with E-state index >= 15 is 0 Å². The third-order valence-electron chi connectivity index (χ3n) is 1.70. The average Bonchev–Trinajstić information content (AvgIpc) is 2.09. The van der Waals surface area contributed by atoms with Crippen molar-refractivity contribution in [1.29, 1.82) is 0 Å². The summed E-state index contributed by atoms with van der Waals surface area (Å²) in [5.74, 6) is 0.668. The first-order valence-corrected chi connectivity index (χ1v) is 4.79. The van der Waals surface area contributed by atoms with Crippen LogP contribution in [0.3, 0.4) is 0 Å². The topological polar surface area (TPSA) is 40.5 Å². The highest BCUT2D eigenvalue weighted by molar-refractivity contribution is 5.64. The van der Waals surface area contributed by atoms with Gasteiger partial charge in [-0.1, -0.05) is 38.2 Å². The summed E-state index contributed by atoms with van der Waals surface area (Å²) in [6.07, 6.45) is 7.89. The predicted octanol–water partition coefficient (Wildman–Crippen LogP) is 2.75. The van der Waals surface area contributed by atoms with Gasteiger partial charge in [0.2, 0.25) is 0 Å². The lowest BCUT2D eigenvalue weighted by molar-refractivity contribution is 0.160. The third kappa shape index (κ3) is 7.40. The molecule has 0 spiro atoms. The van der Waals surface area contributed by atoms with Crippen molar-refractivity contribution in [3.8, 4) is 0 Å². The second-order valence-corrected chi connectivity index (χ2v) is 3.65. The van der Waals surface area contributed by atoms with Crippen LogP contribution in [-0.4, -0.2) is 29.7 Å². The molecular weight excluding hydrogens is 178 g/mol. The number of allylic oxidation sites excluding steroid dienone is 3. The zero-order valence-electron chi connectivity index (χ0n) is 9.10. The number of hydrogen-bond donors (Lipinski definition) is 1. The van der Waals surface area contributed by atoms with Gasteiger partial charge in [-0.15, -0.1) is 0 Å². The molecule has 0 bridgehead atoms. The van der Waals surface area contributed by atoms with Gasteiger partial charge in [0.15, 0.2) is 0 Å². The number of amides is 1. The highest BCUT2D eigenvalue weighted by Crippen LogP contribution is 1.99. The fraction of sp³-hybridized carbons (Fsp3) is 0.545. The van der Waals surface area contributed by atoms with E-state index in [4.69, 9.17) is 5.11 Å². The van der Waals surface area contributed by atoms with Crippen molar-refractivity contribution in [2.75, 3.05) is 13.6 Å². The smallest absolute Gasteiger partial charge is 0.407 e. The minimum Gasteiger partial charge on any atom is -0.465 e. The molecule has 3 nitrogen and oxygen atoms in total. The van der Waals surface area contributed by atoms with Crippen LogP contribution in [0.4, 0.5) is 4.79 Å². The van der Waals surface area contributed by atoms with Crippen LogP contribution in [0.15, 0.2) is 24.3 Å². The standard InChI is InChI=1S/C11H19NO2/c1-10(2)8-6-4-5-7-9-12(3)11(13)14/h4-7,10H,8-9H2,1-3H3,(H,13,14). The minimum atomic E-state index is -0.902. The van der Waals surface area contributed by atoms with E-state index in [1.165, 1.54) is 4.90 Å². The summed E-state index contributed by atoms with van der Waals surface area (Å²) in [6, 6.07) is 0. The van der Waals surface area contributed by atoms with Crippen LogP contribution in [0.5, 0.6) is 0 Å². The molecule has 0 rings (SSSR count). The number of likely N-dealkylation sites (N-methyl/N-ethyl adjacent to an activating group) is 1. The molecule has 0 aliphatic heterocycles. The van der Waals surface area contributed by atoms with Crippen molar-refractivity contribution < 1.29 is 9.90 Å². The van der Waals surface area contributed by atoms with E-state index < -0.39 is 6.09 Å². The Kier molecular flexibility index (Phi) is 6.54. The Bertz CT molecular complexity index is 219. The number of rotatable bonds is 5. The first-order chi connectivity index (χ1) is 6.54. The maximum absolute atomic E-state index is 10.4. The molecule has 0 aromatic rings. The van der Waals surface area contributed by atoms with Crippen molar-refractivity contribution in [1.82, 2.24) is 4.90 Å². The summed E-state index contributed by atoms with van der Waals surface area (Å²) in [5.41, 5.74) is 0. The Hall–Kier alpha value is -1.25. The highest BCUT2D eigenvalue weighted by Gasteiger charge is 1.99. The van der Waals surface area contributed by atoms with Crippen LogP contribution in [0, 0.1) is 5.92 Å². The molecule has 0 radical (unpaired) electrons.